The first-order valence-electron chi connectivity index (χ1n) is 8.15. The molecular weight excluding hydrogens is 300 g/mol. The molecule has 23 heavy (non-hydrogen) atoms. The molecule has 0 spiro atoms. The molecule has 118 valence electrons. The van der Waals surface area contributed by atoms with Crippen LogP contribution in [0.5, 0.6) is 0 Å². The van der Waals surface area contributed by atoms with Gasteiger partial charge >= 0.3 is 0 Å². The van der Waals surface area contributed by atoms with E-state index in [1.54, 1.807) is 11.3 Å². The average molecular weight is 322 g/mol. The molecule has 0 unspecified atom stereocenters. The minimum absolute atomic E-state index is 0.922. The second-order valence-corrected chi connectivity index (χ2v) is 6.65. The van der Waals surface area contributed by atoms with Gasteiger partial charge in [-0.25, -0.2) is 4.98 Å². The monoisotopic (exact) mass is 322 g/mol. The summed E-state index contributed by atoms with van der Waals surface area (Å²) in [5.74, 6) is 0. The smallest absolute Gasteiger partial charge is 0.183 e. The van der Waals surface area contributed by atoms with Gasteiger partial charge in [-0.1, -0.05) is 67.6 Å². The molecule has 3 aromatic rings. The average Bonchev–Trinajstić information content (AvgIpc) is 2.98. The van der Waals surface area contributed by atoms with Crippen molar-refractivity contribution in [2.24, 2.45) is 0 Å². The highest BCUT2D eigenvalue weighted by molar-refractivity contribution is 7.15. The van der Waals surface area contributed by atoms with Crippen LogP contribution in [-0.2, 0) is 19.3 Å². The Morgan fingerprint density at radius 2 is 1.57 bits per heavy atom. The van der Waals surface area contributed by atoms with Gasteiger partial charge in [-0.15, -0.1) is 11.3 Å². The number of hydrogen-bond acceptors (Lipinski definition) is 3. The number of anilines is 1. The molecule has 3 rings (SSSR count). The Morgan fingerprint density at radius 3 is 2.22 bits per heavy atom. The Kier molecular flexibility index (Phi) is 5.43. The van der Waals surface area contributed by atoms with E-state index >= 15 is 0 Å². The summed E-state index contributed by atoms with van der Waals surface area (Å²) in [6, 6.07) is 21.2. The van der Waals surface area contributed by atoms with Crippen molar-refractivity contribution in [1.82, 2.24) is 4.98 Å². The minimum atomic E-state index is 0.922. The zero-order valence-corrected chi connectivity index (χ0v) is 14.3. The molecule has 1 aromatic heterocycles. The third-order valence-corrected chi connectivity index (χ3v) is 4.91. The van der Waals surface area contributed by atoms with Gasteiger partial charge in [0.25, 0.3) is 0 Å². The molecule has 1 N–H and O–H groups in total. The van der Waals surface area contributed by atoms with E-state index in [4.69, 9.17) is 4.98 Å². The molecule has 2 aromatic carbocycles. The predicted octanol–water partition coefficient (Wildman–Crippen LogP) is 4.95. The fourth-order valence-corrected chi connectivity index (χ4v) is 3.72. The van der Waals surface area contributed by atoms with Crippen molar-refractivity contribution >= 4 is 16.5 Å². The van der Waals surface area contributed by atoms with E-state index in [0.717, 1.165) is 30.9 Å². The van der Waals surface area contributed by atoms with Crippen molar-refractivity contribution in [3.8, 4) is 0 Å². The van der Waals surface area contributed by atoms with Crippen molar-refractivity contribution in [3.63, 3.8) is 0 Å². The lowest BCUT2D eigenvalue weighted by Crippen LogP contribution is -2.04. The van der Waals surface area contributed by atoms with Crippen LogP contribution in [0.25, 0.3) is 0 Å². The third kappa shape index (κ3) is 4.42. The van der Waals surface area contributed by atoms with E-state index in [1.807, 2.05) is 0 Å². The van der Waals surface area contributed by atoms with E-state index < -0.39 is 0 Å². The highest BCUT2D eigenvalue weighted by Gasteiger charge is 2.10. The van der Waals surface area contributed by atoms with Gasteiger partial charge in [-0.3, -0.25) is 0 Å². The van der Waals surface area contributed by atoms with Gasteiger partial charge in [0.15, 0.2) is 5.13 Å². The van der Waals surface area contributed by atoms with Gasteiger partial charge in [0.05, 0.1) is 5.69 Å². The molecule has 2 nitrogen and oxygen atoms in total. The van der Waals surface area contributed by atoms with Crippen molar-refractivity contribution in [1.29, 1.82) is 0 Å². The topological polar surface area (TPSA) is 24.9 Å². The second-order valence-electron chi connectivity index (χ2n) is 5.57. The Labute approximate surface area is 142 Å². The van der Waals surface area contributed by atoms with Gasteiger partial charge in [0, 0.05) is 17.8 Å². The van der Waals surface area contributed by atoms with Crippen LogP contribution in [0.2, 0.25) is 0 Å². The van der Waals surface area contributed by atoms with Crippen LogP contribution in [-0.4, -0.2) is 11.5 Å². The number of benzene rings is 2. The van der Waals surface area contributed by atoms with Crippen molar-refractivity contribution in [2.45, 2.75) is 26.2 Å². The highest BCUT2D eigenvalue weighted by Crippen LogP contribution is 2.26. The van der Waals surface area contributed by atoms with Gasteiger partial charge in [0.1, 0.15) is 0 Å². The lowest BCUT2D eigenvalue weighted by Gasteiger charge is -2.02. The summed E-state index contributed by atoms with van der Waals surface area (Å²) < 4.78 is 0. The summed E-state index contributed by atoms with van der Waals surface area (Å²) in [4.78, 5) is 6.14. The molecule has 3 heteroatoms. The van der Waals surface area contributed by atoms with E-state index in [1.165, 1.54) is 21.7 Å². The normalized spacial score (nSPS) is 10.7. The molecule has 0 fully saturated rings. The molecule has 0 saturated carbocycles. The highest BCUT2D eigenvalue weighted by atomic mass is 32.1. The third-order valence-electron chi connectivity index (χ3n) is 3.85. The zero-order chi connectivity index (χ0) is 15.9. The summed E-state index contributed by atoms with van der Waals surface area (Å²) in [5, 5.41) is 4.53. The Hall–Kier alpha value is -2.13. The Balaban J connectivity index is 1.62. The lowest BCUT2D eigenvalue weighted by atomic mass is 10.1. The van der Waals surface area contributed by atoms with E-state index in [2.05, 4.69) is 72.9 Å². The number of nitrogens with zero attached hydrogens (tertiary/aromatic N) is 1. The second kappa shape index (κ2) is 7.93. The van der Waals surface area contributed by atoms with Crippen LogP contribution in [0.3, 0.4) is 0 Å². The number of aryl methyl sites for hydroxylation is 1. The molecule has 0 aliphatic carbocycles. The van der Waals surface area contributed by atoms with Crippen LogP contribution in [0.4, 0.5) is 5.13 Å². The van der Waals surface area contributed by atoms with Crippen LogP contribution in [0.15, 0.2) is 60.7 Å². The molecule has 0 radical (unpaired) electrons. The van der Waals surface area contributed by atoms with Crippen molar-refractivity contribution in [2.75, 3.05) is 11.9 Å². The van der Waals surface area contributed by atoms with Crippen LogP contribution in [0.1, 0.15) is 28.6 Å². The molecule has 0 aliphatic rings. The maximum Gasteiger partial charge on any atom is 0.183 e. The zero-order valence-electron chi connectivity index (χ0n) is 13.5. The standard InChI is InChI=1S/C20H22N2S/c1-2-18-19(15-17-11-7-4-8-12-17)23-20(22-18)21-14-13-16-9-5-3-6-10-16/h3-12H,2,13-15H2,1H3,(H,21,22). The van der Waals surface area contributed by atoms with E-state index in [-0.39, 0.29) is 0 Å². The summed E-state index contributed by atoms with van der Waals surface area (Å²) in [6.45, 7) is 3.10. The van der Waals surface area contributed by atoms with Crippen molar-refractivity contribution in [3.05, 3.63) is 82.4 Å². The first-order valence-corrected chi connectivity index (χ1v) is 8.97. The van der Waals surface area contributed by atoms with Gasteiger partial charge in [-0.05, 0) is 24.0 Å². The van der Waals surface area contributed by atoms with E-state index in [0.29, 0.717) is 0 Å². The first kappa shape index (κ1) is 15.8. The van der Waals surface area contributed by atoms with Crippen molar-refractivity contribution < 1.29 is 0 Å². The fraction of sp³-hybridized carbons (Fsp3) is 0.250. The minimum Gasteiger partial charge on any atom is -0.361 e. The number of aromatic nitrogens is 1. The quantitative estimate of drug-likeness (QED) is 0.665. The SMILES string of the molecule is CCc1nc(NCCc2ccccc2)sc1Cc1ccccc1. The summed E-state index contributed by atoms with van der Waals surface area (Å²) in [6.07, 6.45) is 2.98. The fourth-order valence-electron chi connectivity index (χ4n) is 2.61. The van der Waals surface area contributed by atoms with Gasteiger partial charge in [-0.2, -0.15) is 0 Å². The molecule has 0 atom stereocenters. The van der Waals surface area contributed by atoms with Crippen LogP contribution >= 0.6 is 11.3 Å². The maximum absolute atomic E-state index is 4.76. The summed E-state index contributed by atoms with van der Waals surface area (Å²) in [7, 11) is 0. The molecule has 1 heterocycles. The number of rotatable bonds is 7. The largest absolute Gasteiger partial charge is 0.361 e. The lowest BCUT2D eigenvalue weighted by molar-refractivity contribution is 0.990. The molecule has 0 amide bonds. The molecule has 0 aliphatic heterocycles. The Bertz CT molecular complexity index is 720. The van der Waals surface area contributed by atoms with E-state index in [9.17, 15) is 0 Å². The van der Waals surface area contributed by atoms with Gasteiger partial charge < -0.3 is 5.32 Å². The number of thiazole rings is 1. The van der Waals surface area contributed by atoms with Gasteiger partial charge in [0.2, 0.25) is 0 Å². The molecule has 0 saturated heterocycles. The predicted molar refractivity (Wildman–Crippen MR) is 99.4 cm³/mol. The maximum atomic E-state index is 4.76. The Morgan fingerprint density at radius 1 is 0.913 bits per heavy atom. The van der Waals surface area contributed by atoms with Crippen LogP contribution in [0, 0.1) is 0 Å². The molecule has 0 bridgehead atoms. The summed E-state index contributed by atoms with van der Waals surface area (Å²) >= 11 is 1.79. The first-order chi connectivity index (χ1) is 11.3. The molecular formula is C20H22N2S. The summed E-state index contributed by atoms with van der Waals surface area (Å²) in [5.41, 5.74) is 3.93. The number of hydrogen-bond donors (Lipinski definition) is 1. The van der Waals surface area contributed by atoms with Crippen LogP contribution < -0.4 is 5.32 Å². The number of nitrogens with one attached hydrogen (secondary N) is 1.